The van der Waals surface area contributed by atoms with Crippen LogP contribution in [0.4, 0.5) is 0 Å². The third-order valence-corrected chi connectivity index (χ3v) is 6.84. The Morgan fingerprint density at radius 2 is 0.750 bits per heavy atom. The molecule has 0 aromatic carbocycles. The summed E-state index contributed by atoms with van der Waals surface area (Å²) in [6.45, 7) is 25.7. The van der Waals surface area contributed by atoms with Gasteiger partial charge in [-0.15, -0.1) is 5.25 Å². The van der Waals surface area contributed by atoms with Crippen molar-refractivity contribution in [1.29, 1.82) is 0 Å². The minimum Gasteiger partial charge on any atom is -0.785 e. The Labute approximate surface area is 198 Å². The molecule has 0 bridgehead atoms. The SMILES string of the molecule is C/C(=C/O)C(C)[S-].C[C]1[C](C)[C](C)[C](C)[C]1C.C[C]1[C](C)[C](C)[C](C)[C]1C.[Ti]. The largest absolute Gasteiger partial charge is 0.785 e. The molecule has 2 aliphatic carbocycles. The van der Waals surface area contributed by atoms with Crippen molar-refractivity contribution in [2.45, 2.75) is 88.3 Å². The fourth-order valence-electron chi connectivity index (χ4n) is 2.92. The molecule has 2 saturated carbocycles. The first kappa shape index (κ1) is 30.8. The van der Waals surface area contributed by atoms with Gasteiger partial charge in [-0.05, 0) is 66.1 Å². The van der Waals surface area contributed by atoms with E-state index in [1.165, 1.54) is 59.2 Å². The maximum absolute atomic E-state index is 8.28. The Bertz CT molecular complexity index is 330. The predicted octanol–water partition coefficient (Wildman–Crippen LogP) is 7.33. The Balaban J connectivity index is 0. The first-order chi connectivity index (χ1) is 12.3. The number of hydrogen-bond donors (Lipinski definition) is 1. The van der Waals surface area contributed by atoms with Crippen LogP contribution >= 0.6 is 0 Å². The molecule has 2 fully saturated rings. The van der Waals surface area contributed by atoms with Crippen molar-refractivity contribution < 1.29 is 26.8 Å². The second-order valence-electron chi connectivity index (χ2n) is 7.77. The zero-order chi connectivity index (χ0) is 21.6. The summed E-state index contributed by atoms with van der Waals surface area (Å²) in [6, 6.07) is 0. The maximum Gasteiger partial charge on any atom is 0.0763 e. The molecule has 0 aromatic heterocycles. The molecule has 10 radical (unpaired) electrons. The molecule has 156 valence electrons. The number of aliphatic hydroxyl groups is 1. The molecule has 3 heteroatoms. The Morgan fingerprint density at radius 1 is 0.607 bits per heavy atom. The standard InChI is InChI=1S/2C10H15.C5H10OS.Ti/c2*1-6-7(2)9(4)10(5)8(6)3;1-4(3-6)5(2)7;/h2*1-5H3;3,5-7H,1-2H3;/p-1/b;;4-3-;. The van der Waals surface area contributed by atoms with Crippen molar-refractivity contribution in [1.82, 2.24) is 0 Å². The van der Waals surface area contributed by atoms with Gasteiger partial charge in [0.15, 0.2) is 0 Å². The van der Waals surface area contributed by atoms with Crippen LogP contribution in [0.3, 0.4) is 0 Å². The molecule has 1 N–H and O–H groups in total. The molecule has 1 nitrogen and oxygen atoms in total. The molecule has 1 atom stereocenters. The van der Waals surface area contributed by atoms with E-state index in [9.17, 15) is 0 Å². The fourth-order valence-corrected chi connectivity index (χ4v) is 2.98. The molecular weight excluding hydrogens is 396 g/mol. The molecule has 0 heterocycles. The van der Waals surface area contributed by atoms with Gasteiger partial charge in [0.25, 0.3) is 0 Å². The minimum atomic E-state index is 0. The summed E-state index contributed by atoms with van der Waals surface area (Å²) in [7, 11) is 0. The third kappa shape index (κ3) is 8.03. The second-order valence-corrected chi connectivity index (χ2v) is 8.47. The van der Waals surface area contributed by atoms with Gasteiger partial charge in [0.05, 0.1) is 6.26 Å². The van der Waals surface area contributed by atoms with Crippen LogP contribution in [0.2, 0.25) is 0 Å². The number of rotatable bonds is 1. The summed E-state index contributed by atoms with van der Waals surface area (Å²) < 4.78 is 0. The molecule has 2 rings (SSSR count). The summed E-state index contributed by atoms with van der Waals surface area (Å²) in [4.78, 5) is 0. The average Bonchev–Trinajstić information content (AvgIpc) is 2.92. The average molecular weight is 436 g/mol. The van der Waals surface area contributed by atoms with Gasteiger partial charge in [-0.1, -0.05) is 81.7 Å². The van der Waals surface area contributed by atoms with Crippen LogP contribution in [0, 0.1) is 59.2 Å². The van der Waals surface area contributed by atoms with Crippen LogP contribution in [0.15, 0.2) is 11.8 Å². The van der Waals surface area contributed by atoms with Gasteiger partial charge in [-0.3, -0.25) is 0 Å². The van der Waals surface area contributed by atoms with Crippen molar-refractivity contribution in [2.75, 3.05) is 0 Å². The molecule has 2 aliphatic rings. The monoisotopic (exact) mass is 435 g/mol. The van der Waals surface area contributed by atoms with Crippen LogP contribution in [0.5, 0.6) is 0 Å². The van der Waals surface area contributed by atoms with Gasteiger partial charge in [0.1, 0.15) is 0 Å². The number of aliphatic hydroxyl groups excluding tert-OH is 1. The normalized spacial score (nSPS) is 24.5. The fraction of sp³-hybridized carbons (Fsp3) is 0.520. The molecule has 1 unspecified atom stereocenters. The van der Waals surface area contributed by atoms with E-state index >= 15 is 0 Å². The second kappa shape index (κ2) is 13.8. The van der Waals surface area contributed by atoms with Gasteiger partial charge in [-0.25, -0.2) is 0 Å². The third-order valence-electron chi connectivity index (χ3n) is 6.47. The summed E-state index contributed by atoms with van der Waals surface area (Å²) >= 11 is 4.77. The first-order valence-electron chi connectivity index (χ1n) is 9.65. The molecule has 0 aromatic rings. The van der Waals surface area contributed by atoms with Crippen molar-refractivity contribution >= 4 is 12.6 Å². The molecule has 28 heavy (non-hydrogen) atoms. The van der Waals surface area contributed by atoms with Crippen LogP contribution in [-0.2, 0) is 34.3 Å². The maximum atomic E-state index is 8.28. The van der Waals surface area contributed by atoms with Crippen molar-refractivity contribution in [3.63, 3.8) is 0 Å². The van der Waals surface area contributed by atoms with Crippen LogP contribution in [0.25, 0.3) is 0 Å². The molecule has 0 aliphatic heterocycles. The van der Waals surface area contributed by atoms with Gasteiger partial charge in [-0.2, -0.15) is 0 Å². The summed E-state index contributed by atoms with van der Waals surface area (Å²) in [6.07, 6.45) is 1.05. The van der Waals surface area contributed by atoms with E-state index in [-0.39, 0.29) is 27.0 Å². The Morgan fingerprint density at radius 3 is 0.786 bits per heavy atom. The Hall–Kier alpha value is 0.604. The van der Waals surface area contributed by atoms with Crippen molar-refractivity contribution in [2.24, 2.45) is 0 Å². The van der Waals surface area contributed by atoms with E-state index in [2.05, 4.69) is 69.2 Å². The minimum absolute atomic E-state index is 0. The van der Waals surface area contributed by atoms with E-state index in [1.807, 2.05) is 6.92 Å². The van der Waals surface area contributed by atoms with Crippen LogP contribution < -0.4 is 0 Å². The van der Waals surface area contributed by atoms with E-state index in [4.69, 9.17) is 17.7 Å². The zero-order valence-electron chi connectivity index (χ0n) is 20.0. The first-order valence-corrected chi connectivity index (χ1v) is 10.1. The Kier molecular flexibility index (Phi) is 15.2. The van der Waals surface area contributed by atoms with Crippen LogP contribution in [-0.4, -0.2) is 10.4 Å². The van der Waals surface area contributed by atoms with Gasteiger partial charge < -0.3 is 17.7 Å². The van der Waals surface area contributed by atoms with E-state index in [1.54, 1.807) is 6.92 Å². The summed E-state index contributed by atoms with van der Waals surface area (Å²) in [5, 5.41) is 8.34. The molecule has 0 amide bonds. The van der Waals surface area contributed by atoms with Crippen LogP contribution in [0.1, 0.15) is 83.1 Å². The van der Waals surface area contributed by atoms with Crippen molar-refractivity contribution in [3.05, 3.63) is 71.0 Å². The summed E-state index contributed by atoms with van der Waals surface area (Å²) in [5.74, 6) is 14.7. The smallest absolute Gasteiger partial charge is 0.0763 e. The molecule has 0 spiro atoms. The topological polar surface area (TPSA) is 20.2 Å². The zero-order valence-corrected chi connectivity index (χ0v) is 22.4. The van der Waals surface area contributed by atoms with E-state index in [0.29, 0.717) is 0 Å². The van der Waals surface area contributed by atoms with Gasteiger partial charge >= 0.3 is 0 Å². The molecular formula is C25H39OSTi-. The predicted molar refractivity (Wildman–Crippen MR) is 122 cm³/mol. The quantitative estimate of drug-likeness (QED) is 0.264. The van der Waals surface area contributed by atoms with E-state index in [0.717, 1.165) is 11.8 Å². The summed E-state index contributed by atoms with van der Waals surface area (Å²) in [5.41, 5.74) is 0.843. The molecule has 0 saturated heterocycles. The van der Waals surface area contributed by atoms with Crippen molar-refractivity contribution in [3.8, 4) is 0 Å². The van der Waals surface area contributed by atoms with Gasteiger partial charge in [0, 0.05) is 21.7 Å². The number of hydrogen-bond acceptors (Lipinski definition) is 2. The van der Waals surface area contributed by atoms with E-state index < -0.39 is 0 Å². The van der Waals surface area contributed by atoms with Gasteiger partial charge in [0.2, 0.25) is 0 Å².